The van der Waals surface area contributed by atoms with Gasteiger partial charge in [0, 0.05) is 37.8 Å². The molecule has 0 saturated carbocycles. The molecular formula is C14H17N3O. The Morgan fingerprint density at radius 2 is 1.89 bits per heavy atom. The molecule has 1 N–H and O–H groups in total. The maximum Gasteiger partial charge on any atom is 0.251 e. The Kier molecular flexibility index (Phi) is 3.46. The van der Waals surface area contributed by atoms with Gasteiger partial charge in [0.15, 0.2) is 0 Å². The summed E-state index contributed by atoms with van der Waals surface area (Å²) < 4.78 is 0. The highest BCUT2D eigenvalue weighted by atomic mass is 16.1. The summed E-state index contributed by atoms with van der Waals surface area (Å²) in [5, 5.41) is 0. The van der Waals surface area contributed by atoms with Gasteiger partial charge in [-0.3, -0.25) is 4.79 Å². The van der Waals surface area contributed by atoms with E-state index in [1.54, 1.807) is 0 Å². The van der Waals surface area contributed by atoms with E-state index in [0.29, 0.717) is 5.82 Å². The number of hydrogen-bond donors (Lipinski definition) is 1. The van der Waals surface area contributed by atoms with E-state index in [2.05, 4.69) is 9.97 Å². The predicted molar refractivity (Wildman–Crippen MR) is 74.0 cm³/mol. The van der Waals surface area contributed by atoms with Gasteiger partial charge in [-0.25, -0.2) is 4.98 Å². The van der Waals surface area contributed by atoms with Crippen LogP contribution in [0.3, 0.4) is 0 Å². The average Bonchev–Trinajstić information content (AvgIpc) is 2.38. The number of anilines is 1. The van der Waals surface area contributed by atoms with E-state index in [1.807, 2.05) is 50.2 Å². The molecule has 0 bridgehead atoms. The van der Waals surface area contributed by atoms with Gasteiger partial charge in [-0.15, -0.1) is 0 Å². The van der Waals surface area contributed by atoms with E-state index in [1.165, 1.54) is 6.07 Å². The summed E-state index contributed by atoms with van der Waals surface area (Å²) in [7, 11) is 3.99. The number of nitrogens with one attached hydrogen (secondary N) is 1. The Morgan fingerprint density at radius 3 is 2.44 bits per heavy atom. The molecule has 0 spiro atoms. The third kappa shape index (κ3) is 2.59. The molecule has 1 aromatic carbocycles. The molecule has 18 heavy (non-hydrogen) atoms. The predicted octanol–water partition coefficient (Wildman–Crippen LogP) is 2.07. The fourth-order valence-electron chi connectivity index (χ4n) is 1.75. The van der Waals surface area contributed by atoms with Gasteiger partial charge in [0.1, 0.15) is 5.82 Å². The Balaban J connectivity index is 2.42. The number of aryl methyl sites for hydroxylation is 1. The lowest BCUT2D eigenvalue weighted by Gasteiger charge is -2.12. The smallest absolute Gasteiger partial charge is 0.251 e. The van der Waals surface area contributed by atoms with Crippen LogP contribution in [0.1, 0.15) is 12.7 Å². The molecule has 2 rings (SSSR count). The van der Waals surface area contributed by atoms with Gasteiger partial charge < -0.3 is 9.88 Å². The zero-order valence-electron chi connectivity index (χ0n) is 10.9. The highest BCUT2D eigenvalue weighted by Crippen LogP contribution is 2.19. The van der Waals surface area contributed by atoms with Crippen molar-refractivity contribution in [3.8, 4) is 11.3 Å². The molecular weight excluding hydrogens is 226 g/mol. The van der Waals surface area contributed by atoms with Crippen molar-refractivity contribution in [3.05, 3.63) is 46.5 Å². The summed E-state index contributed by atoms with van der Waals surface area (Å²) in [6, 6.07) is 9.53. The van der Waals surface area contributed by atoms with Crippen molar-refractivity contribution in [1.82, 2.24) is 9.97 Å². The molecule has 0 atom stereocenters. The van der Waals surface area contributed by atoms with Crippen LogP contribution < -0.4 is 10.5 Å². The van der Waals surface area contributed by atoms with Crippen LogP contribution in [0.4, 0.5) is 5.69 Å². The average molecular weight is 243 g/mol. The van der Waals surface area contributed by atoms with Crippen LogP contribution in [-0.4, -0.2) is 24.1 Å². The van der Waals surface area contributed by atoms with Gasteiger partial charge in [0.2, 0.25) is 0 Å². The lowest BCUT2D eigenvalue weighted by molar-refractivity contribution is 0.924. The molecule has 1 heterocycles. The Morgan fingerprint density at radius 1 is 1.22 bits per heavy atom. The van der Waals surface area contributed by atoms with E-state index < -0.39 is 0 Å². The molecule has 94 valence electrons. The van der Waals surface area contributed by atoms with Crippen LogP contribution >= 0.6 is 0 Å². The maximum absolute atomic E-state index is 11.5. The van der Waals surface area contributed by atoms with Crippen LogP contribution in [0.2, 0.25) is 0 Å². The van der Waals surface area contributed by atoms with E-state index in [9.17, 15) is 4.79 Å². The largest absolute Gasteiger partial charge is 0.378 e. The summed E-state index contributed by atoms with van der Waals surface area (Å²) in [5.41, 5.74) is 2.70. The van der Waals surface area contributed by atoms with E-state index >= 15 is 0 Å². The van der Waals surface area contributed by atoms with Gasteiger partial charge >= 0.3 is 0 Å². The molecule has 4 heteroatoms. The van der Waals surface area contributed by atoms with Crippen molar-refractivity contribution in [3.63, 3.8) is 0 Å². The minimum absolute atomic E-state index is 0.103. The first-order chi connectivity index (χ1) is 8.60. The van der Waals surface area contributed by atoms with Crippen LogP contribution in [-0.2, 0) is 6.42 Å². The number of rotatable bonds is 3. The van der Waals surface area contributed by atoms with Gasteiger partial charge in [-0.05, 0) is 12.1 Å². The van der Waals surface area contributed by atoms with Gasteiger partial charge in [-0.1, -0.05) is 19.1 Å². The quantitative estimate of drug-likeness (QED) is 0.897. The molecule has 0 unspecified atom stereocenters. The van der Waals surface area contributed by atoms with Crippen molar-refractivity contribution in [2.45, 2.75) is 13.3 Å². The summed E-state index contributed by atoms with van der Waals surface area (Å²) in [4.78, 5) is 20.7. The van der Waals surface area contributed by atoms with Gasteiger partial charge in [0.25, 0.3) is 5.56 Å². The third-order valence-corrected chi connectivity index (χ3v) is 2.81. The fraction of sp³-hybridized carbons (Fsp3) is 0.286. The Bertz CT molecular complexity index is 585. The van der Waals surface area contributed by atoms with Crippen LogP contribution in [0.15, 0.2) is 35.1 Å². The van der Waals surface area contributed by atoms with Crippen LogP contribution in [0.5, 0.6) is 0 Å². The standard InChI is InChI=1S/C14H17N3O/c1-4-13-15-12(9-14(18)16-13)10-5-7-11(8-6-10)17(2)3/h5-9H,4H2,1-3H3,(H,15,16,18). The molecule has 1 aromatic heterocycles. The van der Waals surface area contributed by atoms with Crippen molar-refractivity contribution < 1.29 is 0 Å². The molecule has 0 saturated heterocycles. The second-order valence-electron chi connectivity index (χ2n) is 4.37. The topological polar surface area (TPSA) is 49.0 Å². The van der Waals surface area contributed by atoms with Gasteiger partial charge in [0.05, 0.1) is 5.69 Å². The summed E-state index contributed by atoms with van der Waals surface area (Å²) in [6.07, 6.45) is 0.721. The van der Waals surface area contributed by atoms with Crippen molar-refractivity contribution >= 4 is 5.69 Å². The molecule has 0 aliphatic heterocycles. The zero-order valence-corrected chi connectivity index (χ0v) is 10.9. The van der Waals surface area contributed by atoms with Crippen LogP contribution in [0, 0.1) is 0 Å². The number of benzene rings is 1. The van der Waals surface area contributed by atoms with Crippen molar-refractivity contribution in [2.75, 3.05) is 19.0 Å². The molecule has 0 radical (unpaired) electrons. The van der Waals surface area contributed by atoms with E-state index in [-0.39, 0.29) is 5.56 Å². The third-order valence-electron chi connectivity index (χ3n) is 2.81. The van der Waals surface area contributed by atoms with Crippen molar-refractivity contribution in [1.29, 1.82) is 0 Å². The number of H-pyrrole nitrogens is 1. The molecule has 0 aliphatic carbocycles. The summed E-state index contributed by atoms with van der Waals surface area (Å²) >= 11 is 0. The lowest BCUT2D eigenvalue weighted by Crippen LogP contribution is -2.10. The highest BCUT2D eigenvalue weighted by molar-refractivity contribution is 5.62. The first-order valence-corrected chi connectivity index (χ1v) is 5.98. The molecule has 0 amide bonds. The molecule has 0 aliphatic rings. The first kappa shape index (κ1) is 12.4. The van der Waals surface area contributed by atoms with Crippen molar-refractivity contribution in [2.24, 2.45) is 0 Å². The van der Waals surface area contributed by atoms with E-state index in [0.717, 1.165) is 23.4 Å². The number of aromatic amines is 1. The maximum atomic E-state index is 11.5. The lowest BCUT2D eigenvalue weighted by atomic mass is 10.1. The van der Waals surface area contributed by atoms with E-state index in [4.69, 9.17) is 0 Å². The normalized spacial score (nSPS) is 10.4. The van der Waals surface area contributed by atoms with Gasteiger partial charge in [-0.2, -0.15) is 0 Å². The first-order valence-electron chi connectivity index (χ1n) is 5.98. The Labute approximate surface area is 106 Å². The summed E-state index contributed by atoms with van der Waals surface area (Å²) in [6.45, 7) is 1.97. The number of aromatic nitrogens is 2. The highest BCUT2D eigenvalue weighted by Gasteiger charge is 2.03. The second kappa shape index (κ2) is 5.04. The zero-order chi connectivity index (χ0) is 13.1. The fourth-order valence-corrected chi connectivity index (χ4v) is 1.75. The number of nitrogens with zero attached hydrogens (tertiary/aromatic N) is 2. The SMILES string of the molecule is CCc1nc(-c2ccc(N(C)C)cc2)cc(=O)[nH]1. The second-order valence-corrected chi connectivity index (χ2v) is 4.37. The van der Waals surface area contributed by atoms with Crippen LogP contribution in [0.25, 0.3) is 11.3 Å². The minimum atomic E-state index is -0.103. The molecule has 4 nitrogen and oxygen atoms in total. The minimum Gasteiger partial charge on any atom is -0.378 e. The monoisotopic (exact) mass is 243 g/mol. The molecule has 2 aromatic rings. The Hall–Kier alpha value is -2.10. The number of hydrogen-bond acceptors (Lipinski definition) is 3. The summed E-state index contributed by atoms with van der Waals surface area (Å²) in [5.74, 6) is 0.717. The molecule has 0 fully saturated rings.